The van der Waals surface area contributed by atoms with E-state index in [1.807, 2.05) is 6.92 Å². The van der Waals surface area contributed by atoms with Crippen LogP contribution in [-0.4, -0.2) is 55.8 Å². The fraction of sp³-hybridized carbons (Fsp3) is 0.429. The van der Waals surface area contributed by atoms with Crippen LogP contribution in [0.15, 0.2) is 48.5 Å². The van der Waals surface area contributed by atoms with Gasteiger partial charge in [0.15, 0.2) is 13.2 Å². The second-order valence-corrected chi connectivity index (χ2v) is 9.17. The molecule has 0 aliphatic carbocycles. The number of hydrogen-bond acceptors (Lipinski definition) is 9. The molecule has 212 valence electrons. The minimum absolute atomic E-state index is 0.0670. The Hall–Kier alpha value is -3.73. The van der Waals surface area contributed by atoms with E-state index < -0.39 is 11.9 Å². The standard InChI is InChI=1S/C28H36N2O8S/c1-3-29-25(31)18-35-23-8-4-21(5-9-23)16-37-27(33)14-20(2)15-28(34)38-17-22-6-10-24(11-7-22)36-19-26(32)30-12-13-39/h4-11,20,39H,3,12-19H2,1-2H3,(H,29,31)(H,30,32). The summed E-state index contributed by atoms with van der Waals surface area (Å²) in [6, 6.07) is 13.8. The van der Waals surface area contributed by atoms with Crippen LogP contribution in [0.2, 0.25) is 0 Å². The van der Waals surface area contributed by atoms with Gasteiger partial charge in [-0.25, -0.2) is 0 Å². The summed E-state index contributed by atoms with van der Waals surface area (Å²) in [7, 11) is 0. The van der Waals surface area contributed by atoms with Gasteiger partial charge in [-0.3, -0.25) is 19.2 Å². The van der Waals surface area contributed by atoms with E-state index in [9.17, 15) is 19.2 Å². The molecule has 0 aliphatic rings. The fourth-order valence-corrected chi connectivity index (χ4v) is 3.35. The first kappa shape index (κ1) is 31.5. The van der Waals surface area contributed by atoms with Crippen molar-refractivity contribution in [3.05, 3.63) is 59.7 Å². The summed E-state index contributed by atoms with van der Waals surface area (Å²) in [6.45, 7) is 4.64. The van der Waals surface area contributed by atoms with Gasteiger partial charge in [0.2, 0.25) is 0 Å². The van der Waals surface area contributed by atoms with Crippen LogP contribution >= 0.6 is 12.6 Å². The average Bonchev–Trinajstić information content (AvgIpc) is 2.92. The molecular formula is C28H36N2O8S. The van der Waals surface area contributed by atoms with Gasteiger partial charge in [0.25, 0.3) is 11.8 Å². The molecule has 2 aromatic rings. The van der Waals surface area contributed by atoms with Crippen LogP contribution in [0, 0.1) is 5.92 Å². The maximum atomic E-state index is 12.2. The highest BCUT2D eigenvalue weighted by molar-refractivity contribution is 7.80. The Morgan fingerprint density at radius 2 is 1.18 bits per heavy atom. The van der Waals surface area contributed by atoms with Gasteiger partial charge in [-0.15, -0.1) is 0 Å². The number of amides is 2. The molecule has 0 heterocycles. The third kappa shape index (κ3) is 13.6. The summed E-state index contributed by atoms with van der Waals surface area (Å²) in [6.07, 6.45) is 0.159. The first-order valence-corrected chi connectivity index (χ1v) is 13.3. The van der Waals surface area contributed by atoms with Gasteiger partial charge >= 0.3 is 11.9 Å². The Bertz CT molecular complexity index is 1060. The molecule has 0 saturated heterocycles. The van der Waals surface area contributed by atoms with Crippen molar-refractivity contribution in [2.45, 2.75) is 39.9 Å². The van der Waals surface area contributed by atoms with Gasteiger partial charge in [-0.05, 0) is 48.2 Å². The normalized spacial score (nSPS) is 11.2. The molecule has 0 saturated carbocycles. The summed E-state index contributed by atoms with van der Waals surface area (Å²) >= 11 is 4.02. The summed E-state index contributed by atoms with van der Waals surface area (Å²) in [5.41, 5.74) is 1.54. The lowest BCUT2D eigenvalue weighted by atomic mass is 10.0. The number of nitrogens with one attached hydrogen (secondary N) is 2. The Balaban J connectivity index is 1.63. The molecule has 39 heavy (non-hydrogen) atoms. The molecule has 0 fully saturated rings. The maximum absolute atomic E-state index is 12.2. The number of carbonyl (C=O) groups excluding carboxylic acids is 4. The summed E-state index contributed by atoms with van der Waals surface area (Å²) in [4.78, 5) is 47.4. The molecule has 2 aromatic carbocycles. The van der Waals surface area contributed by atoms with Gasteiger partial charge < -0.3 is 29.6 Å². The van der Waals surface area contributed by atoms with Gasteiger partial charge in [0, 0.05) is 31.7 Å². The van der Waals surface area contributed by atoms with Crippen molar-refractivity contribution in [2.75, 3.05) is 32.1 Å². The Kier molecular flexibility index (Phi) is 14.3. The minimum Gasteiger partial charge on any atom is -0.484 e. The van der Waals surface area contributed by atoms with E-state index in [1.165, 1.54) is 0 Å². The number of rotatable bonds is 17. The van der Waals surface area contributed by atoms with Crippen LogP contribution in [0.3, 0.4) is 0 Å². The maximum Gasteiger partial charge on any atom is 0.306 e. The van der Waals surface area contributed by atoms with Gasteiger partial charge in [-0.1, -0.05) is 31.2 Å². The molecule has 0 radical (unpaired) electrons. The van der Waals surface area contributed by atoms with Crippen LogP contribution in [0.4, 0.5) is 0 Å². The first-order valence-electron chi connectivity index (χ1n) is 12.7. The molecule has 11 heteroatoms. The van der Waals surface area contributed by atoms with Crippen molar-refractivity contribution < 1.29 is 38.1 Å². The van der Waals surface area contributed by atoms with E-state index in [2.05, 4.69) is 23.3 Å². The monoisotopic (exact) mass is 560 g/mol. The van der Waals surface area contributed by atoms with Crippen LogP contribution in [-0.2, 0) is 41.9 Å². The minimum atomic E-state index is -0.417. The lowest BCUT2D eigenvalue weighted by molar-refractivity contribution is -0.148. The molecule has 1 unspecified atom stereocenters. The largest absolute Gasteiger partial charge is 0.484 e. The van der Waals surface area contributed by atoms with Gasteiger partial charge in [0.1, 0.15) is 24.7 Å². The van der Waals surface area contributed by atoms with Crippen molar-refractivity contribution in [3.63, 3.8) is 0 Å². The Labute approximate surface area is 234 Å². The zero-order chi connectivity index (χ0) is 28.5. The predicted molar refractivity (Wildman–Crippen MR) is 147 cm³/mol. The molecule has 10 nitrogen and oxygen atoms in total. The molecule has 0 aromatic heterocycles. The quantitative estimate of drug-likeness (QED) is 0.199. The third-order valence-electron chi connectivity index (χ3n) is 5.22. The third-order valence-corrected chi connectivity index (χ3v) is 5.45. The number of thiol groups is 1. The van der Waals surface area contributed by atoms with E-state index in [-0.39, 0.29) is 57.0 Å². The van der Waals surface area contributed by atoms with Gasteiger partial charge in [-0.2, -0.15) is 12.6 Å². The number of carbonyl (C=O) groups is 4. The molecule has 1 atom stereocenters. The number of hydrogen-bond donors (Lipinski definition) is 3. The lowest BCUT2D eigenvalue weighted by Crippen LogP contribution is -2.30. The van der Waals surface area contributed by atoms with Crippen molar-refractivity contribution >= 4 is 36.4 Å². The zero-order valence-electron chi connectivity index (χ0n) is 22.3. The van der Waals surface area contributed by atoms with Crippen molar-refractivity contribution in [2.24, 2.45) is 5.92 Å². The Morgan fingerprint density at radius 1 is 0.744 bits per heavy atom. The summed E-state index contributed by atoms with van der Waals surface area (Å²) in [5.74, 6) is 0.113. The molecule has 2 amide bonds. The number of benzene rings is 2. The molecular weight excluding hydrogens is 524 g/mol. The van der Waals surface area contributed by atoms with Crippen LogP contribution in [0.1, 0.15) is 37.8 Å². The average molecular weight is 561 g/mol. The van der Waals surface area contributed by atoms with Crippen LogP contribution in [0.25, 0.3) is 0 Å². The van der Waals surface area contributed by atoms with Crippen LogP contribution in [0.5, 0.6) is 11.5 Å². The van der Waals surface area contributed by atoms with Crippen LogP contribution < -0.4 is 20.1 Å². The van der Waals surface area contributed by atoms with Crippen molar-refractivity contribution in [1.29, 1.82) is 0 Å². The highest BCUT2D eigenvalue weighted by atomic mass is 32.1. The summed E-state index contributed by atoms with van der Waals surface area (Å²) in [5, 5.41) is 5.31. The predicted octanol–water partition coefficient (Wildman–Crippen LogP) is 2.83. The van der Waals surface area contributed by atoms with E-state index in [4.69, 9.17) is 18.9 Å². The van der Waals surface area contributed by atoms with E-state index in [1.54, 1.807) is 55.5 Å². The fourth-order valence-electron chi connectivity index (χ4n) is 3.24. The molecule has 0 aliphatic heterocycles. The lowest BCUT2D eigenvalue weighted by Gasteiger charge is -2.12. The number of esters is 2. The molecule has 2 N–H and O–H groups in total. The topological polar surface area (TPSA) is 129 Å². The first-order chi connectivity index (χ1) is 18.8. The highest BCUT2D eigenvalue weighted by Crippen LogP contribution is 2.16. The molecule has 2 rings (SSSR count). The molecule has 0 bridgehead atoms. The molecule has 0 spiro atoms. The Morgan fingerprint density at radius 3 is 1.59 bits per heavy atom. The number of ether oxygens (including phenoxy) is 4. The van der Waals surface area contributed by atoms with Gasteiger partial charge in [0.05, 0.1) is 0 Å². The zero-order valence-corrected chi connectivity index (χ0v) is 23.2. The van der Waals surface area contributed by atoms with Crippen molar-refractivity contribution in [3.8, 4) is 11.5 Å². The van der Waals surface area contributed by atoms with E-state index >= 15 is 0 Å². The smallest absolute Gasteiger partial charge is 0.306 e. The van der Waals surface area contributed by atoms with E-state index in [0.717, 1.165) is 11.1 Å². The van der Waals surface area contributed by atoms with Crippen molar-refractivity contribution in [1.82, 2.24) is 10.6 Å². The SMILES string of the molecule is CCNC(=O)COc1ccc(COC(=O)CC(C)CC(=O)OCc2ccc(OCC(=O)NCCS)cc2)cc1. The second kappa shape index (κ2) is 17.7. The summed E-state index contributed by atoms with van der Waals surface area (Å²) < 4.78 is 21.4. The van der Waals surface area contributed by atoms with E-state index in [0.29, 0.717) is 30.3 Å². The second-order valence-electron chi connectivity index (χ2n) is 8.73. The number of likely N-dealkylation sites (N-methyl/N-ethyl adjacent to an activating group) is 1. The highest BCUT2D eigenvalue weighted by Gasteiger charge is 2.16.